The minimum Gasteiger partial charge on any atom is -0.341 e. The summed E-state index contributed by atoms with van der Waals surface area (Å²) in [6.07, 6.45) is 0.861. The van der Waals surface area contributed by atoms with Gasteiger partial charge >= 0.3 is 6.03 Å². The molecule has 0 unspecified atom stereocenters. The Hall–Kier alpha value is -0.770. The molecule has 78 valence electrons. The smallest absolute Gasteiger partial charge is 0.317 e. The molecule has 0 spiro atoms. The minimum atomic E-state index is -0.0119. The highest BCUT2D eigenvalue weighted by Gasteiger charge is 2.11. The Morgan fingerprint density at radius 2 is 2.15 bits per heavy atom. The van der Waals surface area contributed by atoms with E-state index >= 15 is 0 Å². The van der Waals surface area contributed by atoms with E-state index in [1.165, 1.54) is 0 Å². The van der Waals surface area contributed by atoms with E-state index in [2.05, 4.69) is 19.2 Å². The minimum absolute atomic E-state index is 0.0119. The van der Waals surface area contributed by atoms with Gasteiger partial charge in [0, 0.05) is 20.1 Å². The van der Waals surface area contributed by atoms with Crippen molar-refractivity contribution in [3.63, 3.8) is 0 Å². The van der Waals surface area contributed by atoms with Gasteiger partial charge in [0.1, 0.15) is 0 Å². The highest BCUT2D eigenvalue weighted by atomic mass is 16.2. The zero-order valence-electron chi connectivity index (χ0n) is 8.84. The van der Waals surface area contributed by atoms with Gasteiger partial charge in [0.2, 0.25) is 0 Å². The molecular weight excluding hydrogens is 166 g/mol. The summed E-state index contributed by atoms with van der Waals surface area (Å²) in [4.78, 5) is 13.1. The van der Waals surface area contributed by atoms with Crippen LogP contribution in [0.25, 0.3) is 0 Å². The van der Waals surface area contributed by atoms with E-state index in [-0.39, 0.29) is 6.03 Å². The number of nitrogens with one attached hydrogen (secondary N) is 1. The number of hydrogen-bond acceptors (Lipinski definition) is 2. The molecule has 0 aliphatic carbocycles. The van der Waals surface area contributed by atoms with Gasteiger partial charge in [-0.25, -0.2) is 4.79 Å². The molecule has 0 fully saturated rings. The molecule has 4 heteroatoms. The summed E-state index contributed by atoms with van der Waals surface area (Å²) in [5, 5.41) is 2.63. The van der Waals surface area contributed by atoms with Crippen molar-refractivity contribution >= 4 is 6.03 Å². The molecule has 0 aliphatic rings. The molecule has 0 rings (SSSR count). The standard InChI is InChI=1S/C9H21N3O/c1-8(2)7-12(6-4-5-10)9(13)11-3/h8H,4-7,10H2,1-3H3,(H,11,13). The van der Waals surface area contributed by atoms with Crippen LogP contribution in [0.1, 0.15) is 20.3 Å². The second kappa shape index (κ2) is 6.71. The number of carbonyl (C=O) groups excluding carboxylic acids is 1. The molecule has 0 atom stereocenters. The van der Waals surface area contributed by atoms with Crippen LogP contribution in [0.5, 0.6) is 0 Å². The lowest BCUT2D eigenvalue weighted by atomic mass is 10.2. The van der Waals surface area contributed by atoms with Crippen LogP contribution < -0.4 is 11.1 Å². The van der Waals surface area contributed by atoms with Crippen LogP contribution in [-0.2, 0) is 0 Å². The lowest BCUT2D eigenvalue weighted by Crippen LogP contribution is -2.41. The third-order valence-corrected chi connectivity index (χ3v) is 1.72. The van der Waals surface area contributed by atoms with Crippen LogP contribution in [-0.4, -0.2) is 37.6 Å². The molecule has 13 heavy (non-hydrogen) atoms. The monoisotopic (exact) mass is 187 g/mol. The maximum atomic E-state index is 11.3. The molecule has 0 bridgehead atoms. The summed E-state index contributed by atoms with van der Waals surface area (Å²) in [6, 6.07) is -0.0119. The van der Waals surface area contributed by atoms with Crippen molar-refractivity contribution in [2.75, 3.05) is 26.7 Å². The van der Waals surface area contributed by atoms with Gasteiger partial charge in [0.05, 0.1) is 0 Å². The normalized spacial score (nSPS) is 10.2. The van der Waals surface area contributed by atoms with Crippen molar-refractivity contribution in [3.8, 4) is 0 Å². The first kappa shape index (κ1) is 12.2. The Labute approximate surface area is 80.5 Å². The van der Waals surface area contributed by atoms with Crippen LogP contribution in [0.2, 0.25) is 0 Å². The quantitative estimate of drug-likeness (QED) is 0.663. The van der Waals surface area contributed by atoms with Gasteiger partial charge in [0.15, 0.2) is 0 Å². The van der Waals surface area contributed by atoms with Gasteiger partial charge in [-0.2, -0.15) is 0 Å². The maximum absolute atomic E-state index is 11.3. The largest absolute Gasteiger partial charge is 0.341 e. The Morgan fingerprint density at radius 3 is 2.54 bits per heavy atom. The molecule has 2 amide bonds. The molecule has 4 nitrogen and oxygen atoms in total. The fourth-order valence-corrected chi connectivity index (χ4v) is 1.16. The average Bonchev–Trinajstić information content (AvgIpc) is 2.10. The Morgan fingerprint density at radius 1 is 1.54 bits per heavy atom. The molecule has 0 aliphatic heterocycles. The van der Waals surface area contributed by atoms with E-state index in [1.807, 2.05) is 0 Å². The van der Waals surface area contributed by atoms with E-state index in [4.69, 9.17) is 5.73 Å². The van der Waals surface area contributed by atoms with E-state index in [9.17, 15) is 4.79 Å². The van der Waals surface area contributed by atoms with Crippen LogP contribution in [0.15, 0.2) is 0 Å². The van der Waals surface area contributed by atoms with Crippen LogP contribution in [0.4, 0.5) is 4.79 Å². The first-order valence-corrected chi connectivity index (χ1v) is 4.78. The highest BCUT2D eigenvalue weighted by Crippen LogP contribution is 1.99. The zero-order chi connectivity index (χ0) is 10.3. The van der Waals surface area contributed by atoms with Gasteiger partial charge in [-0.1, -0.05) is 13.8 Å². The van der Waals surface area contributed by atoms with Crippen LogP contribution >= 0.6 is 0 Å². The average molecular weight is 187 g/mol. The Kier molecular flexibility index (Phi) is 6.32. The highest BCUT2D eigenvalue weighted by molar-refractivity contribution is 5.73. The predicted molar refractivity (Wildman–Crippen MR) is 54.5 cm³/mol. The van der Waals surface area contributed by atoms with Crippen molar-refractivity contribution in [3.05, 3.63) is 0 Å². The molecule has 0 heterocycles. The van der Waals surface area contributed by atoms with Gasteiger partial charge in [-0.05, 0) is 18.9 Å². The van der Waals surface area contributed by atoms with Gasteiger partial charge in [-0.3, -0.25) is 0 Å². The van der Waals surface area contributed by atoms with Crippen molar-refractivity contribution in [1.29, 1.82) is 0 Å². The third-order valence-electron chi connectivity index (χ3n) is 1.72. The number of hydrogen-bond donors (Lipinski definition) is 2. The number of nitrogens with two attached hydrogens (primary N) is 1. The number of nitrogens with zero attached hydrogens (tertiary/aromatic N) is 1. The molecule has 0 radical (unpaired) electrons. The molecular formula is C9H21N3O. The number of urea groups is 1. The van der Waals surface area contributed by atoms with Crippen molar-refractivity contribution in [2.24, 2.45) is 11.7 Å². The van der Waals surface area contributed by atoms with E-state index in [1.54, 1.807) is 11.9 Å². The number of carbonyl (C=O) groups is 1. The summed E-state index contributed by atoms with van der Waals surface area (Å²) in [5.41, 5.74) is 5.39. The van der Waals surface area contributed by atoms with Crippen LogP contribution in [0, 0.1) is 5.92 Å². The summed E-state index contributed by atoms with van der Waals surface area (Å²) in [7, 11) is 1.65. The second-order valence-corrected chi connectivity index (χ2v) is 3.54. The van der Waals surface area contributed by atoms with E-state index < -0.39 is 0 Å². The van der Waals surface area contributed by atoms with Crippen molar-refractivity contribution < 1.29 is 4.79 Å². The topological polar surface area (TPSA) is 58.4 Å². The molecule has 0 aromatic rings. The third kappa shape index (κ3) is 5.47. The van der Waals surface area contributed by atoms with Gasteiger partial charge in [0.25, 0.3) is 0 Å². The first-order chi connectivity index (χ1) is 6.11. The molecule has 0 aromatic carbocycles. The Bertz CT molecular complexity index is 148. The SMILES string of the molecule is CNC(=O)N(CCCN)CC(C)C. The Balaban J connectivity index is 3.94. The zero-order valence-corrected chi connectivity index (χ0v) is 8.84. The summed E-state index contributed by atoms with van der Waals surface area (Å²) < 4.78 is 0. The second-order valence-electron chi connectivity index (χ2n) is 3.54. The van der Waals surface area contributed by atoms with Crippen molar-refractivity contribution in [1.82, 2.24) is 10.2 Å². The summed E-state index contributed by atoms with van der Waals surface area (Å²) in [5.74, 6) is 0.495. The fraction of sp³-hybridized carbons (Fsp3) is 0.889. The molecule has 0 saturated heterocycles. The van der Waals surface area contributed by atoms with Crippen LogP contribution in [0.3, 0.4) is 0 Å². The fourth-order valence-electron chi connectivity index (χ4n) is 1.16. The predicted octanol–water partition coefficient (Wildman–Crippen LogP) is 0.633. The maximum Gasteiger partial charge on any atom is 0.317 e. The first-order valence-electron chi connectivity index (χ1n) is 4.78. The van der Waals surface area contributed by atoms with E-state index in [0.717, 1.165) is 19.5 Å². The van der Waals surface area contributed by atoms with Gasteiger partial charge < -0.3 is 16.0 Å². The summed E-state index contributed by atoms with van der Waals surface area (Å²) >= 11 is 0. The lowest BCUT2D eigenvalue weighted by Gasteiger charge is -2.23. The lowest BCUT2D eigenvalue weighted by molar-refractivity contribution is 0.192. The molecule has 0 aromatic heterocycles. The summed E-state index contributed by atoms with van der Waals surface area (Å²) in [6.45, 7) is 6.36. The van der Waals surface area contributed by atoms with E-state index in [0.29, 0.717) is 12.5 Å². The number of rotatable bonds is 5. The number of amides is 2. The molecule has 0 saturated carbocycles. The van der Waals surface area contributed by atoms with Crippen molar-refractivity contribution in [2.45, 2.75) is 20.3 Å². The molecule has 3 N–H and O–H groups in total. The van der Waals surface area contributed by atoms with Gasteiger partial charge in [-0.15, -0.1) is 0 Å².